The van der Waals surface area contributed by atoms with Crippen LogP contribution < -0.4 is 0 Å². The Bertz CT molecular complexity index is 3780. The van der Waals surface area contributed by atoms with Gasteiger partial charge in [0.25, 0.3) is 0 Å². The molecule has 58 heavy (non-hydrogen) atoms. The summed E-state index contributed by atoms with van der Waals surface area (Å²) in [6.07, 6.45) is 3.61. The number of pyridine rings is 1. The molecule has 5 heteroatoms. The molecule has 5 aromatic heterocycles. The fourth-order valence-electron chi connectivity index (χ4n) is 9.50. The average Bonchev–Trinajstić information content (AvgIpc) is 3.92. The molecule has 0 amide bonds. The normalized spacial score (nSPS) is 12.1. The summed E-state index contributed by atoms with van der Waals surface area (Å²) < 4.78 is 4.87. The molecule has 0 spiro atoms. The van der Waals surface area contributed by atoms with Crippen LogP contribution >= 0.6 is 0 Å². The number of aromatic nitrogens is 5. The number of hydrogen-bond donors (Lipinski definition) is 0. The molecule has 0 bridgehead atoms. The molecule has 8 aromatic carbocycles. The third-order valence-electron chi connectivity index (χ3n) is 12.1. The van der Waals surface area contributed by atoms with Gasteiger partial charge in [-0.25, -0.2) is 9.97 Å². The summed E-state index contributed by atoms with van der Waals surface area (Å²) in [5.41, 5.74) is 12.0. The van der Waals surface area contributed by atoms with Crippen molar-refractivity contribution in [1.29, 1.82) is 0 Å². The van der Waals surface area contributed by atoms with Gasteiger partial charge in [-0.3, -0.25) is 4.98 Å². The first kappa shape index (κ1) is 31.3. The van der Waals surface area contributed by atoms with Crippen molar-refractivity contribution in [2.75, 3.05) is 0 Å². The molecule has 13 rings (SSSR count). The molecule has 5 nitrogen and oxygen atoms in total. The molecule has 0 saturated carbocycles. The van der Waals surface area contributed by atoms with Crippen LogP contribution in [0.3, 0.4) is 0 Å². The van der Waals surface area contributed by atoms with E-state index in [0.717, 1.165) is 39.2 Å². The quantitative estimate of drug-likeness (QED) is 0.181. The van der Waals surface area contributed by atoms with Crippen molar-refractivity contribution in [2.45, 2.75) is 0 Å². The van der Waals surface area contributed by atoms with Crippen LogP contribution in [0.25, 0.3) is 121 Å². The van der Waals surface area contributed by atoms with Crippen molar-refractivity contribution >= 4 is 81.4 Å². The van der Waals surface area contributed by atoms with Gasteiger partial charge in [0.15, 0.2) is 5.82 Å². The summed E-state index contributed by atoms with van der Waals surface area (Å²) in [5.74, 6) is 0.649. The predicted molar refractivity (Wildman–Crippen MR) is 240 cm³/mol. The number of hydrogen-bond acceptors (Lipinski definition) is 3. The van der Waals surface area contributed by atoms with Gasteiger partial charge in [0.1, 0.15) is 0 Å². The maximum Gasteiger partial charge on any atom is 0.161 e. The minimum atomic E-state index is 0.649. The Hall–Kier alpha value is -7.89. The lowest BCUT2D eigenvalue weighted by molar-refractivity contribution is 1.16. The minimum absolute atomic E-state index is 0.649. The molecule has 13 aromatic rings. The van der Waals surface area contributed by atoms with Gasteiger partial charge < -0.3 is 8.97 Å². The van der Waals surface area contributed by atoms with E-state index in [2.05, 4.69) is 178 Å². The maximum atomic E-state index is 5.12. The van der Waals surface area contributed by atoms with Crippen LogP contribution in [0.15, 0.2) is 188 Å². The van der Waals surface area contributed by atoms with Crippen molar-refractivity contribution in [3.63, 3.8) is 0 Å². The molecule has 0 aliphatic heterocycles. The fourth-order valence-corrected chi connectivity index (χ4v) is 9.50. The van der Waals surface area contributed by atoms with Crippen molar-refractivity contribution in [3.8, 4) is 39.6 Å². The molecule has 5 heterocycles. The summed E-state index contributed by atoms with van der Waals surface area (Å²) in [6, 6.07) is 63.5. The van der Waals surface area contributed by atoms with E-state index in [1.165, 1.54) is 76.1 Å². The van der Waals surface area contributed by atoms with Gasteiger partial charge in [-0.1, -0.05) is 109 Å². The van der Waals surface area contributed by atoms with Crippen LogP contribution in [0.4, 0.5) is 0 Å². The fraction of sp³-hybridized carbons (Fsp3) is 0. The molecule has 0 atom stereocenters. The zero-order chi connectivity index (χ0) is 37.9. The lowest BCUT2D eigenvalue weighted by Gasteiger charge is -2.12. The topological polar surface area (TPSA) is 48.0 Å². The van der Waals surface area contributed by atoms with Crippen LogP contribution in [0, 0.1) is 0 Å². The van der Waals surface area contributed by atoms with Gasteiger partial charge in [-0.05, 0) is 88.3 Å². The third kappa shape index (κ3) is 4.44. The second kappa shape index (κ2) is 11.8. The van der Waals surface area contributed by atoms with Crippen molar-refractivity contribution in [3.05, 3.63) is 188 Å². The Morgan fingerprint density at radius 2 is 1.02 bits per heavy atom. The monoisotopic (exact) mass is 737 g/mol. The number of fused-ring (bicyclic) bond motifs is 11. The first-order valence-corrected chi connectivity index (χ1v) is 19.7. The van der Waals surface area contributed by atoms with E-state index < -0.39 is 0 Å². The highest BCUT2D eigenvalue weighted by molar-refractivity contribution is 6.25. The van der Waals surface area contributed by atoms with Gasteiger partial charge >= 0.3 is 0 Å². The number of nitrogens with zero attached hydrogens (tertiary/aromatic N) is 5. The molecule has 0 saturated heterocycles. The molecule has 0 aliphatic rings. The van der Waals surface area contributed by atoms with Crippen molar-refractivity contribution in [1.82, 2.24) is 23.9 Å². The van der Waals surface area contributed by atoms with Crippen LogP contribution in [0.1, 0.15) is 0 Å². The SMILES string of the molecule is c1cncc(-c2nc(-c3ccc(-n4c5ccccc5c5cc6cc7c(cc6cc54)c4cccc5c6ccccc6n7c54)cc3)cc(-c3cccc4ccccc34)n2)c1. The van der Waals surface area contributed by atoms with Gasteiger partial charge in [-0.15, -0.1) is 0 Å². The minimum Gasteiger partial charge on any atom is -0.309 e. The van der Waals surface area contributed by atoms with Crippen LogP contribution in [0.5, 0.6) is 0 Å². The molecular formula is C53H31N5. The maximum absolute atomic E-state index is 5.12. The van der Waals surface area contributed by atoms with Crippen LogP contribution in [0.2, 0.25) is 0 Å². The summed E-state index contributed by atoms with van der Waals surface area (Å²) in [6.45, 7) is 0. The average molecular weight is 738 g/mol. The Morgan fingerprint density at radius 1 is 0.379 bits per heavy atom. The predicted octanol–water partition coefficient (Wildman–Crippen LogP) is 13.4. The zero-order valence-electron chi connectivity index (χ0n) is 31.1. The lowest BCUT2D eigenvalue weighted by Crippen LogP contribution is -1.97. The van der Waals surface area contributed by atoms with Gasteiger partial charge in [-0.2, -0.15) is 0 Å². The summed E-state index contributed by atoms with van der Waals surface area (Å²) >= 11 is 0. The molecule has 0 aliphatic carbocycles. The molecule has 268 valence electrons. The molecule has 0 N–H and O–H groups in total. The van der Waals surface area contributed by atoms with Gasteiger partial charge in [0.05, 0.1) is 39.0 Å². The summed E-state index contributed by atoms with van der Waals surface area (Å²) in [7, 11) is 0. The number of benzene rings is 8. The number of rotatable bonds is 4. The Balaban J connectivity index is 0.988. The van der Waals surface area contributed by atoms with Crippen molar-refractivity contribution < 1.29 is 0 Å². The lowest BCUT2D eigenvalue weighted by atomic mass is 10.0. The molecule has 0 fully saturated rings. The summed E-state index contributed by atoms with van der Waals surface area (Å²) in [4.78, 5) is 14.6. The van der Waals surface area contributed by atoms with E-state index in [1.807, 2.05) is 18.3 Å². The van der Waals surface area contributed by atoms with E-state index in [0.29, 0.717) is 5.82 Å². The highest BCUT2D eigenvalue weighted by atomic mass is 15.0. The third-order valence-corrected chi connectivity index (χ3v) is 12.1. The van der Waals surface area contributed by atoms with E-state index in [1.54, 1.807) is 6.20 Å². The Kier molecular flexibility index (Phi) is 6.38. The van der Waals surface area contributed by atoms with E-state index >= 15 is 0 Å². The smallest absolute Gasteiger partial charge is 0.161 e. The largest absolute Gasteiger partial charge is 0.309 e. The van der Waals surface area contributed by atoms with Gasteiger partial charge in [0.2, 0.25) is 0 Å². The standard InChI is InChI=1S/C53H31N5/c1-2-13-38-32(10-1)11-7-16-39(38)47-30-46(55-53(56-47)34-12-9-25-54-31-34)33-21-23-37(24-22-33)57-48-19-5-4-15-41(48)44-26-35-29-51-45(27-36(35)28-50(44)57)43-18-8-17-42-40-14-3-6-20-49(40)58(51)52(42)43/h1-31H. The first-order chi connectivity index (χ1) is 28.7. The van der Waals surface area contributed by atoms with Gasteiger partial charge in [0, 0.05) is 67.1 Å². The number of para-hydroxylation sites is 3. The van der Waals surface area contributed by atoms with Crippen LogP contribution in [-0.2, 0) is 0 Å². The highest BCUT2D eigenvalue weighted by Crippen LogP contribution is 2.42. The molecule has 0 radical (unpaired) electrons. The second-order valence-corrected chi connectivity index (χ2v) is 15.3. The first-order valence-electron chi connectivity index (χ1n) is 19.7. The Labute approximate surface area is 332 Å². The zero-order valence-corrected chi connectivity index (χ0v) is 31.1. The molecule has 0 unspecified atom stereocenters. The molecular weight excluding hydrogens is 707 g/mol. The summed E-state index contributed by atoms with van der Waals surface area (Å²) in [5, 5.41) is 12.4. The Morgan fingerprint density at radius 3 is 1.83 bits per heavy atom. The van der Waals surface area contributed by atoms with Crippen molar-refractivity contribution in [2.24, 2.45) is 0 Å². The van der Waals surface area contributed by atoms with Crippen LogP contribution in [-0.4, -0.2) is 23.9 Å². The second-order valence-electron chi connectivity index (χ2n) is 15.3. The van der Waals surface area contributed by atoms with E-state index in [4.69, 9.17) is 9.97 Å². The van der Waals surface area contributed by atoms with E-state index in [-0.39, 0.29) is 0 Å². The van der Waals surface area contributed by atoms with E-state index in [9.17, 15) is 0 Å². The highest BCUT2D eigenvalue weighted by Gasteiger charge is 2.20.